The average molecular weight is 349 g/mol. The van der Waals surface area contributed by atoms with Crippen molar-refractivity contribution in [2.45, 2.75) is 47.1 Å². The summed E-state index contributed by atoms with van der Waals surface area (Å²) >= 11 is 0. The van der Waals surface area contributed by atoms with Gasteiger partial charge >= 0.3 is 5.97 Å². The molecule has 0 aromatic carbocycles. The lowest BCUT2D eigenvalue weighted by Crippen LogP contribution is -2.47. The molecule has 2 rings (SSSR count). The largest absolute Gasteiger partial charge is 0.465 e. The predicted molar refractivity (Wildman–Crippen MR) is 97.9 cm³/mol. The second-order valence-electron chi connectivity index (χ2n) is 7.66. The van der Waals surface area contributed by atoms with E-state index in [1.165, 1.54) is 13.5 Å². The Bertz CT molecular complexity index is 628. The van der Waals surface area contributed by atoms with E-state index in [-0.39, 0.29) is 11.9 Å². The number of rotatable bonds is 5. The summed E-state index contributed by atoms with van der Waals surface area (Å²) in [6, 6.07) is 0.0367. The van der Waals surface area contributed by atoms with Crippen molar-refractivity contribution in [3.8, 4) is 0 Å². The summed E-state index contributed by atoms with van der Waals surface area (Å²) in [5.74, 6) is 0.793. The number of ether oxygens (including phenoxy) is 1. The Morgan fingerprint density at radius 3 is 2.44 bits per heavy atom. The standard InChI is InChI=1S/C19H31N3O3/c1-11-7-12(2)9-22(8-11)10-13(3)20-18(23)17-14(4)16(15(5)21-17)19(24)25-6/h11-13,21H,7-10H2,1-6H3,(H,20,23). The molecule has 0 bridgehead atoms. The molecule has 1 amide bonds. The summed E-state index contributed by atoms with van der Waals surface area (Å²) in [5.41, 5.74) is 2.17. The first-order valence-corrected chi connectivity index (χ1v) is 9.03. The SMILES string of the molecule is COC(=O)c1c(C)[nH]c(C(=O)NC(C)CN2CC(C)CC(C)C2)c1C. The highest BCUT2D eigenvalue weighted by Gasteiger charge is 2.25. The zero-order valence-corrected chi connectivity index (χ0v) is 16.2. The van der Waals surface area contributed by atoms with Crippen molar-refractivity contribution >= 4 is 11.9 Å². The predicted octanol–water partition coefficient (Wildman–Crippen LogP) is 2.51. The summed E-state index contributed by atoms with van der Waals surface area (Å²) in [4.78, 5) is 29.9. The van der Waals surface area contributed by atoms with Gasteiger partial charge in [0.25, 0.3) is 5.91 Å². The smallest absolute Gasteiger partial charge is 0.339 e. The van der Waals surface area contributed by atoms with Crippen LogP contribution < -0.4 is 5.32 Å². The van der Waals surface area contributed by atoms with Gasteiger partial charge in [-0.1, -0.05) is 13.8 Å². The number of amides is 1. The molecule has 0 aliphatic carbocycles. The van der Waals surface area contributed by atoms with Crippen LogP contribution in [-0.2, 0) is 4.74 Å². The molecule has 0 saturated carbocycles. The van der Waals surface area contributed by atoms with Crippen molar-refractivity contribution in [3.05, 3.63) is 22.5 Å². The molecule has 1 saturated heterocycles. The van der Waals surface area contributed by atoms with Crippen LogP contribution >= 0.6 is 0 Å². The third kappa shape index (κ3) is 4.63. The van der Waals surface area contributed by atoms with E-state index in [1.54, 1.807) is 13.8 Å². The molecule has 1 aliphatic rings. The van der Waals surface area contributed by atoms with Crippen LogP contribution in [0.25, 0.3) is 0 Å². The van der Waals surface area contributed by atoms with E-state index in [0.717, 1.165) is 19.6 Å². The molecule has 1 fully saturated rings. The van der Waals surface area contributed by atoms with Crippen LogP contribution in [0.15, 0.2) is 0 Å². The van der Waals surface area contributed by atoms with Crippen LogP contribution in [0.5, 0.6) is 0 Å². The number of carbonyl (C=O) groups excluding carboxylic acids is 2. The second kappa shape index (κ2) is 8.04. The van der Waals surface area contributed by atoms with Gasteiger partial charge in [0.1, 0.15) is 5.69 Å². The number of carbonyl (C=O) groups is 2. The fourth-order valence-corrected chi connectivity index (χ4v) is 4.06. The third-order valence-electron chi connectivity index (χ3n) is 4.91. The van der Waals surface area contributed by atoms with Gasteiger partial charge in [-0.2, -0.15) is 0 Å². The molecule has 0 radical (unpaired) electrons. The summed E-state index contributed by atoms with van der Waals surface area (Å²) in [6.45, 7) is 13.1. The van der Waals surface area contributed by atoms with E-state index in [9.17, 15) is 9.59 Å². The zero-order chi connectivity index (χ0) is 18.7. The van der Waals surface area contributed by atoms with Gasteiger partial charge in [0.05, 0.1) is 12.7 Å². The van der Waals surface area contributed by atoms with E-state index >= 15 is 0 Å². The second-order valence-corrected chi connectivity index (χ2v) is 7.66. The molecular weight excluding hydrogens is 318 g/mol. The van der Waals surface area contributed by atoms with Crippen LogP contribution in [-0.4, -0.2) is 54.5 Å². The number of hydrogen-bond acceptors (Lipinski definition) is 4. The lowest BCUT2D eigenvalue weighted by atomic mass is 9.92. The summed E-state index contributed by atoms with van der Waals surface area (Å²) in [5, 5.41) is 3.05. The lowest BCUT2D eigenvalue weighted by Gasteiger charge is -2.36. The van der Waals surface area contributed by atoms with Gasteiger partial charge in [-0.15, -0.1) is 0 Å². The Kier molecular flexibility index (Phi) is 6.27. The topological polar surface area (TPSA) is 74.4 Å². The van der Waals surface area contributed by atoms with Gasteiger partial charge in [-0.3, -0.25) is 4.79 Å². The van der Waals surface area contributed by atoms with Gasteiger partial charge in [0.2, 0.25) is 0 Å². The molecule has 2 heterocycles. The molecule has 1 aromatic rings. The molecular formula is C19H31N3O3. The van der Waals surface area contributed by atoms with Crippen LogP contribution in [0.2, 0.25) is 0 Å². The van der Waals surface area contributed by atoms with E-state index < -0.39 is 5.97 Å². The highest BCUT2D eigenvalue weighted by Crippen LogP contribution is 2.21. The number of hydrogen-bond donors (Lipinski definition) is 2. The van der Waals surface area contributed by atoms with E-state index in [4.69, 9.17) is 4.74 Å². The number of H-pyrrole nitrogens is 1. The average Bonchev–Trinajstić information content (AvgIpc) is 2.80. The molecule has 3 atom stereocenters. The Morgan fingerprint density at radius 2 is 1.88 bits per heavy atom. The number of aromatic nitrogens is 1. The van der Waals surface area contributed by atoms with Gasteiger partial charge in [0.15, 0.2) is 0 Å². The maximum absolute atomic E-state index is 12.6. The normalized spacial score (nSPS) is 22.5. The summed E-state index contributed by atoms with van der Waals surface area (Å²) < 4.78 is 4.80. The van der Waals surface area contributed by atoms with Crippen molar-refractivity contribution < 1.29 is 14.3 Å². The number of methoxy groups -OCH3 is 1. The summed E-state index contributed by atoms with van der Waals surface area (Å²) in [7, 11) is 1.34. The number of aryl methyl sites for hydroxylation is 1. The Morgan fingerprint density at radius 1 is 1.28 bits per heavy atom. The lowest BCUT2D eigenvalue weighted by molar-refractivity contribution is 0.0599. The number of nitrogens with one attached hydrogen (secondary N) is 2. The number of likely N-dealkylation sites (tertiary alicyclic amines) is 1. The Labute approximate surface area is 150 Å². The maximum Gasteiger partial charge on any atom is 0.339 e. The van der Waals surface area contributed by atoms with Crippen molar-refractivity contribution in [1.29, 1.82) is 0 Å². The number of aromatic amines is 1. The van der Waals surface area contributed by atoms with Crippen molar-refractivity contribution in [1.82, 2.24) is 15.2 Å². The van der Waals surface area contributed by atoms with E-state index in [1.807, 2.05) is 6.92 Å². The van der Waals surface area contributed by atoms with Crippen LogP contribution in [0, 0.1) is 25.7 Å². The van der Waals surface area contributed by atoms with Gasteiger partial charge in [-0.25, -0.2) is 4.79 Å². The maximum atomic E-state index is 12.6. The Hall–Kier alpha value is -1.82. The monoisotopic (exact) mass is 349 g/mol. The number of nitrogens with zero attached hydrogens (tertiary/aromatic N) is 1. The first-order valence-electron chi connectivity index (χ1n) is 9.03. The molecule has 0 spiro atoms. The Balaban J connectivity index is 2.01. The highest BCUT2D eigenvalue weighted by atomic mass is 16.5. The molecule has 6 heteroatoms. The molecule has 1 aliphatic heterocycles. The van der Waals surface area contributed by atoms with E-state index in [2.05, 4.69) is 29.0 Å². The molecule has 2 N–H and O–H groups in total. The zero-order valence-electron chi connectivity index (χ0n) is 16.2. The first-order chi connectivity index (χ1) is 11.7. The quantitative estimate of drug-likeness (QED) is 0.801. The summed E-state index contributed by atoms with van der Waals surface area (Å²) in [6.07, 6.45) is 1.27. The van der Waals surface area contributed by atoms with Gasteiger partial charge in [-0.05, 0) is 44.6 Å². The van der Waals surface area contributed by atoms with E-state index in [0.29, 0.717) is 34.4 Å². The van der Waals surface area contributed by atoms with Crippen molar-refractivity contribution in [2.75, 3.05) is 26.7 Å². The van der Waals surface area contributed by atoms with Crippen LogP contribution in [0.1, 0.15) is 59.3 Å². The van der Waals surface area contributed by atoms with Crippen LogP contribution in [0.3, 0.4) is 0 Å². The molecule has 6 nitrogen and oxygen atoms in total. The van der Waals surface area contributed by atoms with Crippen LogP contribution in [0.4, 0.5) is 0 Å². The molecule has 1 aromatic heterocycles. The minimum absolute atomic E-state index is 0.0367. The molecule has 140 valence electrons. The number of piperidine rings is 1. The molecule has 3 unspecified atom stereocenters. The van der Waals surface area contributed by atoms with Crippen molar-refractivity contribution in [2.24, 2.45) is 11.8 Å². The minimum atomic E-state index is -0.422. The highest BCUT2D eigenvalue weighted by molar-refractivity contribution is 6.00. The number of esters is 1. The van der Waals surface area contributed by atoms with Gasteiger partial charge in [0, 0.05) is 31.4 Å². The first kappa shape index (κ1) is 19.5. The third-order valence-corrected chi connectivity index (χ3v) is 4.91. The van der Waals surface area contributed by atoms with Gasteiger partial charge < -0.3 is 19.9 Å². The fraction of sp³-hybridized carbons (Fsp3) is 0.684. The fourth-order valence-electron chi connectivity index (χ4n) is 4.06. The minimum Gasteiger partial charge on any atom is -0.465 e. The van der Waals surface area contributed by atoms with Crippen molar-refractivity contribution in [3.63, 3.8) is 0 Å². The molecule has 25 heavy (non-hydrogen) atoms.